The van der Waals surface area contributed by atoms with E-state index in [0.29, 0.717) is 12.1 Å². The highest BCUT2D eigenvalue weighted by Gasteiger charge is 2.26. The highest BCUT2D eigenvalue weighted by atomic mass is 32.1. The molecule has 0 bridgehead atoms. The zero-order valence-corrected chi connectivity index (χ0v) is 10.8. The van der Waals surface area contributed by atoms with Crippen LogP contribution in [0, 0.1) is 13.8 Å². The molecule has 90 valence electrons. The molecule has 0 atom stereocenters. The number of hydrogen-bond donors (Lipinski definition) is 2. The molecule has 0 aliphatic heterocycles. The van der Waals surface area contributed by atoms with Crippen molar-refractivity contribution in [2.45, 2.75) is 38.8 Å². The molecule has 0 amide bonds. The van der Waals surface area contributed by atoms with Gasteiger partial charge in [-0.2, -0.15) is 0 Å². The predicted octanol–water partition coefficient (Wildman–Crippen LogP) is 2.21. The summed E-state index contributed by atoms with van der Waals surface area (Å²) in [6.45, 7) is 4.26. The highest BCUT2D eigenvalue weighted by molar-refractivity contribution is 7.18. The minimum atomic E-state index is 0.357. The average molecular weight is 248 g/mol. The summed E-state index contributed by atoms with van der Waals surface area (Å²) < 4.78 is 0. The van der Waals surface area contributed by atoms with E-state index >= 15 is 0 Å². The van der Waals surface area contributed by atoms with Crippen molar-refractivity contribution in [3.8, 4) is 0 Å². The quantitative estimate of drug-likeness (QED) is 0.855. The third kappa shape index (κ3) is 1.79. The molecule has 0 radical (unpaired) electrons. The zero-order chi connectivity index (χ0) is 12.0. The molecule has 0 aromatic carbocycles. The smallest absolute Gasteiger partial charge is 0.138 e. The normalized spacial score (nSPS) is 23.7. The highest BCUT2D eigenvalue weighted by Crippen LogP contribution is 2.34. The summed E-state index contributed by atoms with van der Waals surface area (Å²) in [6.07, 6.45) is 3.71. The fourth-order valence-electron chi connectivity index (χ4n) is 2.26. The van der Waals surface area contributed by atoms with E-state index in [4.69, 9.17) is 5.73 Å². The van der Waals surface area contributed by atoms with E-state index < -0.39 is 0 Å². The Kier molecular flexibility index (Phi) is 2.52. The van der Waals surface area contributed by atoms with E-state index in [2.05, 4.69) is 29.1 Å². The van der Waals surface area contributed by atoms with Crippen LogP contribution in [0.25, 0.3) is 10.2 Å². The Hall–Kier alpha value is -1.20. The summed E-state index contributed by atoms with van der Waals surface area (Å²) in [5.41, 5.74) is 7.09. The van der Waals surface area contributed by atoms with E-state index in [1.807, 2.05) is 0 Å². The standard InChI is InChI=1S/C12H16N4S/c1-6-7(2)17-12-10(6)11(14-5-15-12)16-9-3-8(13)4-9/h5,8-9H,3-4,13H2,1-2H3,(H,14,15,16). The first-order chi connectivity index (χ1) is 8.15. The van der Waals surface area contributed by atoms with Gasteiger partial charge in [-0.05, 0) is 32.3 Å². The van der Waals surface area contributed by atoms with Crippen molar-refractivity contribution in [1.82, 2.24) is 9.97 Å². The maximum absolute atomic E-state index is 5.80. The van der Waals surface area contributed by atoms with Gasteiger partial charge in [-0.25, -0.2) is 9.97 Å². The van der Waals surface area contributed by atoms with Crippen LogP contribution in [0.4, 0.5) is 5.82 Å². The molecule has 0 spiro atoms. The Morgan fingerprint density at radius 3 is 2.82 bits per heavy atom. The van der Waals surface area contributed by atoms with Gasteiger partial charge in [0.2, 0.25) is 0 Å². The van der Waals surface area contributed by atoms with Crippen LogP contribution in [0.3, 0.4) is 0 Å². The lowest BCUT2D eigenvalue weighted by Crippen LogP contribution is -2.44. The van der Waals surface area contributed by atoms with Crippen molar-refractivity contribution >= 4 is 27.4 Å². The van der Waals surface area contributed by atoms with Crippen molar-refractivity contribution < 1.29 is 0 Å². The van der Waals surface area contributed by atoms with Gasteiger partial charge in [-0.1, -0.05) is 0 Å². The summed E-state index contributed by atoms with van der Waals surface area (Å²) in [5, 5.41) is 4.66. The van der Waals surface area contributed by atoms with Crippen molar-refractivity contribution in [3.63, 3.8) is 0 Å². The first-order valence-electron chi connectivity index (χ1n) is 5.88. The Labute approximate surface area is 104 Å². The second-order valence-corrected chi connectivity index (χ2v) is 5.96. The van der Waals surface area contributed by atoms with Gasteiger partial charge in [0.25, 0.3) is 0 Å². The second-order valence-electron chi connectivity index (χ2n) is 4.76. The molecule has 5 heteroatoms. The average Bonchev–Trinajstić information content (AvgIpc) is 2.54. The topological polar surface area (TPSA) is 63.8 Å². The first kappa shape index (κ1) is 10.9. The Balaban J connectivity index is 1.98. The van der Waals surface area contributed by atoms with Crippen molar-refractivity contribution in [1.29, 1.82) is 0 Å². The van der Waals surface area contributed by atoms with Crippen LogP contribution in [0.1, 0.15) is 23.3 Å². The first-order valence-corrected chi connectivity index (χ1v) is 6.69. The molecule has 1 fully saturated rings. The molecule has 1 aliphatic rings. The third-order valence-electron chi connectivity index (χ3n) is 3.48. The minimum Gasteiger partial charge on any atom is -0.367 e. The Bertz CT molecular complexity index is 557. The molecule has 3 N–H and O–H groups in total. The van der Waals surface area contributed by atoms with Gasteiger partial charge in [0, 0.05) is 17.0 Å². The van der Waals surface area contributed by atoms with E-state index in [9.17, 15) is 0 Å². The number of rotatable bonds is 2. The number of nitrogens with one attached hydrogen (secondary N) is 1. The van der Waals surface area contributed by atoms with E-state index in [1.54, 1.807) is 17.7 Å². The molecular formula is C12H16N4S. The Morgan fingerprint density at radius 1 is 1.35 bits per heavy atom. The van der Waals surface area contributed by atoms with Gasteiger partial charge in [0.15, 0.2) is 0 Å². The third-order valence-corrected chi connectivity index (χ3v) is 4.60. The van der Waals surface area contributed by atoms with Gasteiger partial charge in [0.05, 0.1) is 5.39 Å². The number of aryl methyl sites for hydroxylation is 2. The second kappa shape index (κ2) is 3.92. The molecule has 17 heavy (non-hydrogen) atoms. The van der Waals surface area contributed by atoms with Gasteiger partial charge in [0.1, 0.15) is 17.0 Å². The lowest BCUT2D eigenvalue weighted by atomic mass is 9.87. The number of thiophene rings is 1. The lowest BCUT2D eigenvalue weighted by Gasteiger charge is -2.33. The van der Waals surface area contributed by atoms with Gasteiger partial charge in [-0.3, -0.25) is 0 Å². The maximum atomic E-state index is 5.80. The summed E-state index contributed by atoms with van der Waals surface area (Å²) in [4.78, 5) is 11.1. The fraction of sp³-hybridized carbons (Fsp3) is 0.500. The Morgan fingerprint density at radius 2 is 2.12 bits per heavy atom. The maximum Gasteiger partial charge on any atom is 0.138 e. The SMILES string of the molecule is Cc1sc2ncnc(NC3CC(N)C3)c2c1C. The molecule has 4 nitrogen and oxygen atoms in total. The molecule has 2 aromatic heterocycles. The monoisotopic (exact) mass is 248 g/mol. The van der Waals surface area contributed by atoms with Crippen LogP contribution >= 0.6 is 11.3 Å². The van der Waals surface area contributed by atoms with Crippen LogP contribution in [0.15, 0.2) is 6.33 Å². The van der Waals surface area contributed by atoms with Crippen LogP contribution in [-0.4, -0.2) is 22.1 Å². The number of nitrogens with two attached hydrogens (primary N) is 1. The summed E-state index contributed by atoms with van der Waals surface area (Å²) in [7, 11) is 0. The van der Waals surface area contributed by atoms with E-state index in [1.165, 1.54) is 15.8 Å². The van der Waals surface area contributed by atoms with Crippen LogP contribution in [0.5, 0.6) is 0 Å². The van der Waals surface area contributed by atoms with Crippen molar-refractivity contribution in [2.24, 2.45) is 5.73 Å². The number of hydrogen-bond acceptors (Lipinski definition) is 5. The summed E-state index contributed by atoms with van der Waals surface area (Å²) in [6, 6.07) is 0.831. The molecule has 2 heterocycles. The summed E-state index contributed by atoms with van der Waals surface area (Å²) in [5.74, 6) is 0.966. The van der Waals surface area contributed by atoms with Crippen LogP contribution < -0.4 is 11.1 Å². The fourth-order valence-corrected chi connectivity index (χ4v) is 3.26. The van der Waals surface area contributed by atoms with Crippen LogP contribution in [-0.2, 0) is 0 Å². The molecule has 2 aromatic rings. The predicted molar refractivity (Wildman–Crippen MR) is 71.5 cm³/mol. The van der Waals surface area contributed by atoms with E-state index in [0.717, 1.165) is 23.5 Å². The molecule has 3 rings (SSSR count). The van der Waals surface area contributed by atoms with Crippen LogP contribution in [0.2, 0.25) is 0 Å². The van der Waals surface area contributed by atoms with Gasteiger partial charge < -0.3 is 11.1 Å². The number of anilines is 1. The molecular weight excluding hydrogens is 232 g/mol. The summed E-state index contributed by atoms with van der Waals surface area (Å²) >= 11 is 1.73. The number of nitrogens with zero attached hydrogens (tertiary/aromatic N) is 2. The number of fused-ring (bicyclic) bond motifs is 1. The zero-order valence-electron chi connectivity index (χ0n) is 10.0. The largest absolute Gasteiger partial charge is 0.367 e. The van der Waals surface area contributed by atoms with E-state index in [-0.39, 0.29) is 0 Å². The van der Waals surface area contributed by atoms with Crippen molar-refractivity contribution in [2.75, 3.05) is 5.32 Å². The van der Waals surface area contributed by atoms with Gasteiger partial charge in [-0.15, -0.1) is 11.3 Å². The molecule has 0 unspecified atom stereocenters. The van der Waals surface area contributed by atoms with Crippen molar-refractivity contribution in [3.05, 3.63) is 16.8 Å². The molecule has 1 aliphatic carbocycles. The minimum absolute atomic E-state index is 0.357. The molecule has 1 saturated carbocycles. The molecule has 0 saturated heterocycles. The van der Waals surface area contributed by atoms with Gasteiger partial charge >= 0.3 is 0 Å². The number of aromatic nitrogens is 2. The lowest BCUT2D eigenvalue weighted by molar-refractivity contribution is 0.373.